The Labute approximate surface area is 181 Å². The summed E-state index contributed by atoms with van der Waals surface area (Å²) >= 11 is 7.56. The molecule has 152 valence electrons. The lowest BCUT2D eigenvalue weighted by Gasteiger charge is -2.18. The molecule has 0 aliphatic heterocycles. The third kappa shape index (κ3) is 3.92. The first-order chi connectivity index (χ1) is 14.6. The van der Waals surface area contributed by atoms with Crippen LogP contribution >= 0.6 is 22.9 Å². The second-order valence-electron chi connectivity index (χ2n) is 6.32. The second-order valence-corrected chi connectivity index (χ2v) is 7.73. The molecule has 1 aromatic carbocycles. The lowest BCUT2D eigenvalue weighted by atomic mass is 10.1. The van der Waals surface area contributed by atoms with Crippen molar-refractivity contribution in [2.24, 2.45) is 0 Å². The maximum absolute atomic E-state index is 13.2. The smallest absolute Gasteiger partial charge is 0.343 e. The molecule has 0 bridgehead atoms. The summed E-state index contributed by atoms with van der Waals surface area (Å²) in [5, 5.41) is 9.80. The van der Waals surface area contributed by atoms with Gasteiger partial charge in [0.2, 0.25) is 0 Å². The van der Waals surface area contributed by atoms with Gasteiger partial charge in [-0.15, -0.1) is 11.3 Å². The predicted molar refractivity (Wildman–Crippen MR) is 114 cm³/mol. The first kappa shape index (κ1) is 20.1. The molecule has 0 aliphatic carbocycles. The Morgan fingerprint density at radius 3 is 2.73 bits per heavy atom. The first-order valence-corrected chi connectivity index (χ1v) is 10.4. The first-order valence-electron chi connectivity index (χ1n) is 9.18. The van der Waals surface area contributed by atoms with Gasteiger partial charge in [-0.3, -0.25) is 4.79 Å². The standard InChI is InChI=1S/C21H17ClN4O3S/c1-2-29-21(28)15-12-24-26-16(9-10-23-19(15)26)20(27)25-18(17-4-3-11-30-17)13-5-7-14(22)8-6-13/h3-12,18H,2H2,1H3,(H,25,27). The predicted octanol–water partition coefficient (Wildman–Crippen LogP) is 4.14. The van der Waals surface area contributed by atoms with Crippen LogP contribution in [0.5, 0.6) is 0 Å². The highest BCUT2D eigenvalue weighted by atomic mass is 35.5. The van der Waals surface area contributed by atoms with Gasteiger partial charge in [0.05, 0.1) is 18.8 Å². The average Bonchev–Trinajstić information content (AvgIpc) is 3.42. The molecule has 7 nitrogen and oxygen atoms in total. The highest BCUT2D eigenvalue weighted by Crippen LogP contribution is 2.27. The van der Waals surface area contributed by atoms with E-state index in [1.807, 2.05) is 29.6 Å². The van der Waals surface area contributed by atoms with Crippen molar-refractivity contribution >= 4 is 40.5 Å². The van der Waals surface area contributed by atoms with Gasteiger partial charge in [0.25, 0.3) is 5.91 Å². The number of ether oxygens (including phenoxy) is 1. The molecule has 0 saturated carbocycles. The summed E-state index contributed by atoms with van der Waals surface area (Å²) in [6, 6.07) is 12.4. The van der Waals surface area contributed by atoms with Gasteiger partial charge in [-0.2, -0.15) is 5.10 Å². The van der Waals surface area contributed by atoms with Gasteiger partial charge in [-0.05, 0) is 42.1 Å². The Morgan fingerprint density at radius 1 is 1.23 bits per heavy atom. The number of amides is 1. The van der Waals surface area contributed by atoms with E-state index >= 15 is 0 Å². The largest absolute Gasteiger partial charge is 0.462 e. The van der Waals surface area contributed by atoms with Crippen LogP contribution in [-0.2, 0) is 4.74 Å². The molecular formula is C21H17ClN4O3S. The van der Waals surface area contributed by atoms with E-state index in [1.165, 1.54) is 16.9 Å². The van der Waals surface area contributed by atoms with Gasteiger partial charge in [-0.25, -0.2) is 14.3 Å². The number of carbonyl (C=O) groups excluding carboxylic acids is 2. The van der Waals surface area contributed by atoms with E-state index in [4.69, 9.17) is 16.3 Å². The number of halogens is 1. The highest BCUT2D eigenvalue weighted by Gasteiger charge is 2.23. The quantitative estimate of drug-likeness (QED) is 0.455. The molecule has 0 spiro atoms. The molecule has 3 heterocycles. The number of thiophene rings is 1. The van der Waals surface area contributed by atoms with Crippen molar-refractivity contribution in [1.82, 2.24) is 19.9 Å². The van der Waals surface area contributed by atoms with Crippen LogP contribution in [0.3, 0.4) is 0 Å². The summed E-state index contributed by atoms with van der Waals surface area (Å²) in [5.74, 6) is -0.885. The van der Waals surface area contributed by atoms with E-state index in [1.54, 1.807) is 36.5 Å². The minimum Gasteiger partial charge on any atom is -0.462 e. The molecule has 9 heteroatoms. The van der Waals surface area contributed by atoms with E-state index < -0.39 is 5.97 Å². The number of carbonyl (C=O) groups is 2. The van der Waals surface area contributed by atoms with E-state index in [9.17, 15) is 9.59 Å². The molecule has 0 aliphatic rings. The molecule has 30 heavy (non-hydrogen) atoms. The van der Waals surface area contributed by atoms with Crippen molar-refractivity contribution in [3.63, 3.8) is 0 Å². The molecule has 4 aromatic rings. The summed E-state index contributed by atoms with van der Waals surface area (Å²) in [5.41, 5.74) is 1.62. The minimum atomic E-state index is -0.532. The van der Waals surface area contributed by atoms with Crippen molar-refractivity contribution in [1.29, 1.82) is 0 Å². The second kappa shape index (κ2) is 8.64. The molecular weight excluding hydrogens is 424 g/mol. The number of aromatic nitrogens is 3. The Morgan fingerprint density at radius 2 is 2.03 bits per heavy atom. The minimum absolute atomic E-state index is 0.207. The summed E-state index contributed by atoms with van der Waals surface area (Å²) in [7, 11) is 0. The zero-order valence-corrected chi connectivity index (χ0v) is 17.5. The Kier molecular flexibility index (Phi) is 5.78. The van der Waals surface area contributed by atoms with Gasteiger partial charge in [-0.1, -0.05) is 29.8 Å². The number of rotatable bonds is 6. The van der Waals surface area contributed by atoms with Crippen LogP contribution in [0.25, 0.3) is 5.65 Å². The third-order valence-electron chi connectivity index (χ3n) is 4.44. The third-order valence-corrected chi connectivity index (χ3v) is 5.62. The van der Waals surface area contributed by atoms with Gasteiger partial charge in [0.1, 0.15) is 11.3 Å². The molecule has 0 radical (unpaired) electrons. The molecule has 1 amide bonds. The van der Waals surface area contributed by atoms with E-state index in [-0.39, 0.29) is 35.5 Å². The topological polar surface area (TPSA) is 85.6 Å². The number of fused-ring (bicyclic) bond motifs is 1. The Bertz CT molecular complexity index is 1190. The number of esters is 1. The van der Waals surface area contributed by atoms with E-state index in [0.717, 1.165) is 10.4 Å². The number of nitrogens with one attached hydrogen (secondary N) is 1. The summed E-state index contributed by atoms with van der Waals surface area (Å²) in [6.45, 7) is 1.96. The van der Waals surface area contributed by atoms with Gasteiger partial charge in [0.15, 0.2) is 5.65 Å². The number of hydrogen-bond donors (Lipinski definition) is 1. The SMILES string of the molecule is CCOC(=O)c1cnn2c(C(=O)NC(c3ccc(Cl)cc3)c3cccs3)ccnc12. The molecule has 1 atom stereocenters. The van der Waals surface area contributed by atoms with Crippen LogP contribution < -0.4 is 5.32 Å². The highest BCUT2D eigenvalue weighted by molar-refractivity contribution is 7.10. The Balaban J connectivity index is 1.69. The van der Waals surface area contributed by atoms with Crippen molar-refractivity contribution in [2.75, 3.05) is 6.61 Å². The summed E-state index contributed by atoms with van der Waals surface area (Å²) in [6.07, 6.45) is 2.82. The number of benzene rings is 1. The van der Waals surface area contributed by atoms with Crippen LogP contribution in [0.15, 0.2) is 60.2 Å². The monoisotopic (exact) mass is 440 g/mol. The maximum Gasteiger partial charge on any atom is 0.343 e. The summed E-state index contributed by atoms with van der Waals surface area (Å²) < 4.78 is 6.38. The van der Waals surface area contributed by atoms with E-state index in [2.05, 4.69) is 15.4 Å². The lowest BCUT2D eigenvalue weighted by Crippen LogP contribution is -2.30. The van der Waals surface area contributed by atoms with E-state index in [0.29, 0.717) is 5.02 Å². The number of nitrogens with zero attached hydrogens (tertiary/aromatic N) is 3. The zero-order chi connectivity index (χ0) is 21.1. The van der Waals surface area contributed by atoms with Crippen LogP contribution in [-0.4, -0.2) is 33.1 Å². The summed E-state index contributed by atoms with van der Waals surface area (Å²) in [4.78, 5) is 30.5. The molecule has 0 fully saturated rings. The maximum atomic E-state index is 13.2. The molecule has 1 unspecified atom stereocenters. The normalized spacial score (nSPS) is 11.9. The van der Waals surface area contributed by atoms with Gasteiger partial charge < -0.3 is 10.1 Å². The zero-order valence-electron chi connectivity index (χ0n) is 15.9. The van der Waals surface area contributed by atoms with Crippen molar-refractivity contribution < 1.29 is 14.3 Å². The van der Waals surface area contributed by atoms with Crippen molar-refractivity contribution in [2.45, 2.75) is 13.0 Å². The van der Waals surface area contributed by atoms with Crippen LogP contribution in [0.2, 0.25) is 5.02 Å². The van der Waals surface area contributed by atoms with Crippen molar-refractivity contribution in [3.8, 4) is 0 Å². The van der Waals surface area contributed by atoms with Crippen LogP contribution in [0.4, 0.5) is 0 Å². The molecule has 0 saturated heterocycles. The fourth-order valence-electron chi connectivity index (χ4n) is 3.05. The Hall–Kier alpha value is -3.23. The average molecular weight is 441 g/mol. The van der Waals surface area contributed by atoms with Crippen molar-refractivity contribution in [3.05, 3.63) is 87.0 Å². The van der Waals surface area contributed by atoms with Gasteiger partial charge in [0, 0.05) is 16.1 Å². The molecule has 4 rings (SSSR count). The molecule has 1 N–H and O–H groups in total. The lowest BCUT2D eigenvalue weighted by molar-refractivity contribution is 0.0528. The van der Waals surface area contributed by atoms with Gasteiger partial charge >= 0.3 is 5.97 Å². The fraction of sp³-hybridized carbons (Fsp3) is 0.143. The van der Waals surface area contributed by atoms with Crippen LogP contribution in [0.1, 0.15) is 44.3 Å². The molecule has 3 aromatic heterocycles. The van der Waals surface area contributed by atoms with Crippen LogP contribution in [0, 0.1) is 0 Å². The fourth-order valence-corrected chi connectivity index (χ4v) is 3.98. The number of hydrogen-bond acceptors (Lipinski definition) is 6.